The van der Waals surface area contributed by atoms with Crippen molar-refractivity contribution in [2.75, 3.05) is 6.61 Å². The van der Waals surface area contributed by atoms with E-state index in [1.807, 2.05) is 6.92 Å². The molecule has 1 unspecified atom stereocenters. The number of dihydropyridines is 1. The number of esters is 2. The second-order valence-corrected chi connectivity index (χ2v) is 7.07. The molecule has 1 aromatic carbocycles. The average Bonchev–Trinajstić information content (AvgIpc) is 2.64. The fraction of sp³-hybridized carbons (Fsp3) is 0.429. The number of hydrogen-bond donors (Lipinski definition) is 1. The molecule has 8 nitrogen and oxygen atoms in total. The van der Waals surface area contributed by atoms with E-state index in [-0.39, 0.29) is 29.5 Å². The number of carbonyl (C=O) groups excluding carboxylic acids is 2. The molecule has 0 saturated carbocycles. The molecule has 156 valence electrons. The van der Waals surface area contributed by atoms with Gasteiger partial charge >= 0.3 is 11.9 Å². The zero-order valence-electron chi connectivity index (χ0n) is 17.3. The van der Waals surface area contributed by atoms with E-state index in [9.17, 15) is 19.7 Å². The van der Waals surface area contributed by atoms with E-state index in [4.69, 9.17) is 9.47 Å². The normalized spacial score (nSPS) is 16.6. The first-order chi connectivity index (χ1) is 13.7. The van der Waals surface area contributed by atoms with E-state index in [0.717, 1.165) is 0 Å². The molecule has 0 aliphatic carbocycles. The van der Waals surface area contributed by atoms with E-state index in [1.54, 1.807) is 39.8 Å². The van der Waals surface area contributed by atoms with Crippen molar-refractivity contribution >= 4 is 17.6 Å². The minimum Gasteiger partial charge on any atom is -0.462 e. The maximum Gasteiger partial charge on any atom is 0.337 e. The minimum absolute atomic E-state index is 0.0782. The van der Waals surface area contributed by atoms with Crippen LogP contribution in [-0.4, -0.2) is 29.6 Å². The van der Waals surface area contributed by atoms with Gasteiger partial charge in [-0.25, -0.2) is 9.59 Å². The van der Waals surface area contributed by atoms with Gasteiger partial charge in [-0.15, -0.1) is 0 Å². The summed E-state index contributed by atoms with van der Waals surface area (Å²) in [5, 5.41) is 14.1. The van der Waals surface area contributed by atoms with Gasteiger partial charge < -0.3 is 14.8 Å². The molecule has 2 rings (SSSR count). The Balaban J connectivity index is 2.59. The van der Waals surface area contributed by atoms with Gasteiger partial charge in [-0.2, -0.15) is 0 Å². The summed E-state index contributed by atoms with van der Waals surface area (Å²) in [5.74, 6) is -1.85. The molecule has 1 aliphatic rings. The lowest BCUT2D eigenvalue weighted by Gasteiger charge is -2.30. The summed E-state index contributed by atoms with van der Waals surface area (Å²) < 4.78 is 10.7. The van der Waals surface area contributed by atoms with Crippen molar-refractivity contribution in [1.29, 1.82) is 0 Å². The summed E-state index contributed by atoms with van der Waals surface area (Å²) in [6, 6.07) is 5.79. The fourth-order valence-electron chi connectivity index (χ4n) is 3.21. The molecule has 1 atom stereocenters. The van der Waals surface area contributed by atoms with E-state index in [1.165, 1.54) is 12.1 Å². The molecule has 8 heteroatoms. The predicted molar refractivity (Wildman–Crippen MR) is 107 cm³/mol. The summed E-state index contributed by atoms with van der Waals surface area (Å²) in [4.78, 5) is 36.2. The number of nitro groups is 1. The number of ether oxygens (including phenoxy) is 2. The number of allylic oxidation sites excluding steroid dienone is 2. The first-order valence-corrected chi connectivity index (χ1v) is 9.48. The molecule has 0 saturated heterocycles. The van der Waals surface area contributed by atoms with Crippen LogP contribution in [0.15, 0.2) is 46.8 Å². The van der Waals surface area contributed by atoms with Gasteiger partial charge in [-0.1, -0.05) is 19.1 Å². The van der Waals surface area contributed by atoms with Crippen LogP contribution >= 0.6 is 0 Å². The maximum absolute atomic E-state index is 12.9. The summed E-state index contributed by atoms with van der Waals surface area (Å²) in [7, 11) is 0. The third-order valence-corrected chi connectivity index (χ3v) is 4.42. The summed E-state index contributed by atoms with van der Waals surface area (Å²) >= 11 is 0. The third kappa shape index (κ3) is 5.01. The van der Waals surface area contributed by atoms with Crippen molar-refractivity contribution < 1.29 is 24.0 Å². The Morgan fingerprint density at radius 3 is 2.14 bits per heavy atom. The van der Waals surface area contributed by atoms with Crippen molar-refractivity contribution in [2.24, 2.45) is 0 Å². The van der Waals surface area contributed by atoms with Crippen LogP contribution in [0.3, 0.4) is 0 Å². The van der Waals surface area contributed by atoms with Gasteiger partial charge in [0.05, 0.1) is 34.7 Å². The van der Waals surface area contributed by atoms with E-state index >= 15 is 0 Å². The van der Waals surface area contributed by atoms with Crippen molar-refractivity contribution in [2.45, 2.75) is 53.1 Å². The first-order valence-electron chi connectivity index (χ1n) is 9.48. The largest absolute Gasteiger partial charge is 0.462 e. The maximum atomic E-state index is 12.9. The van der Waals surface area contributed by atoms with Crippen molar-refractivity contribution in [1.82, 2.24) is 5.32 Å². The molecule has 1 aromatic rings. The lowest BCUT2D eigenvalue weighted by atomic mass is 9.80. The van der Waals surface area contributed by atoms with Crippen LogP contribution in [0.1, 0.15) is 52.5 Å². The van der Waals surface area contributed by atoms with Gasteiger partial charge in [-0.3, -0.25) is 10.1 Å². The molecule has 0 fully saturated rings. The number of nitrogens with one attached hydrogen (secondary N) is 1. The van der Waals surface area contributed by atoms with Gasteiger partial charge in [0.15, 0.2) is 0 Å². The van der Waals surface area contributed by atoms with Crippen LogP contribution in [0.5, 0.6) is 0 Å². The van der Waals surface area contributed by atoms with Crippen molar-refractivity contribution in [3.63, 3.8) is 0 Å². The highest BCUT2D eigenvalue weighted by Gasteiger charge is 2.38. The Bertz CT molecular complexity index is 868. The predicted octanol–water partition coefficient (Wildman–Crippen LogP) is 3.73. The fourth-order valence-corrected chi connectivity index (χ4v) is 3.21. The number of rotatable bonds is 7. The number of nitrogens with zero attached hydrogens (tertiary/aromatic N) is 1. The lowest BCUT2D eigenvalue weighted by Crippen LogP contribution is -2.33. The number of hydrogen-bond acceptors (Lipinski definition) is 7. The number of non-ortho nitro benzene ring substituents is 1. The Labute approximate surface area is 169 Å². The number of benzene rings is 1. The number of carbonyl (C=O) groups is 2. The van der Waals surface area contributed by atoms with E-state index in [0.29, 0.717) is 23.4 Å². The Hall–Kier alpha value is -3.16. The molecular weight excluding hydrogens is 376 g/mol. The molecule has 1 N–H and O–H groups in total. The third-order valence-electron chi connectivity index (χ3n) is 4.42. The zero-order chi connectivity index (χ0) is 21.7. The molecule has 0 spiro atoms. The molecule has 1 aliphatic heterocycles. The van der Waals surface area contributed by atoms with Crippen LogP contribution in [0.2, 0.25) is 0 Å². The van der Waals surface area contributed by atoms with Gasteiger partial charge in [0.25, 0.3) is 5.69 Å². The standard InChI is InChI=1S/C21H26N2O6/c1-6-11-28-20(24)17-13(4)22-14(5)18(21(25)29-12(2)3)19(17)15-7-9-16(10-8-15)23(26)27/h7-10,12,19,22H,6,11H2,1-5H3. The van der Waals surface area contributed by atoms with Gasteiger partial charge in [0.2, 0.25) is 0 Å². The van der Waals surface area contributed by atoms with Crippen LogP contribution < -0.4 is 5.32 Å². The molecular formula is C21H26N2O6. The van der Waals surface area contributed by atoms with Gasteiger partial charge in [-0.05, 0) is 39.7 Å². The monoisotopic (exact) mass is 402 g/mol. The average molecular weight is 402 g/mol. The number of nitro benzene ring substituents is 1. The van der Waals surface area contributed by atoms with Crippen molar-refractivity contribution in [3.05, 3.63) is 62.5 Å². The van der Waals surface area contributed by atoms with Crippen molar-refractivity contribution in [3.8, 4) is 0 Å². The lowest BCUT2D eigenvalue weighted by molar-refractivity contribution is -0.384. The summed E-state index contributed by atoms with van der Waals surface area (Å²) in [5.41, 5.74) is 2.17. The molecule has 0 radical (unpaired) electrons. The smallest absolute Gasteiger partial charge is 0.337 e. The highest BCUT2D eigenvalue weighted by Crippen LogP contribution is 2.39. The highest BCUT2D eigenvalue weighted by molar-refractivity contribution is 6.00. The van der Waals surface area contributed by atoms with Gasteiger partial charge in [0, 0.05) is 23.5 Å². The van der Waals surface area contributed by atoms with Crippen LogP contribution in [0.25, 0.3) is 0 Å². The Morgan fingerprint density at radius 2 is 1.66 bits per heavy atom. The topological polar surface area (TPSA) is 108 Å². The SMILES string of the molecule is CCCOC(=O)C1=C(C)NC(C)=C(C(=O)OC(C)C)C1c1ccc([N+](=O)[O-])cc1. The highest BCUT2D eigenvalue weighted by atomic mass is 16.6. The summed E-state index contributed by atoms with van der Waals surface area (Å²) in [6.45, 7) is 9.07. The van der Waals surface area contributed by atoms with Crippen LogP contribution in [-0.2, 0) is 19.1 Å². The zero-order valence-corrected chi connectivity index (χ0v) is 17.3. The molecule has 1 heterocycles. The Kier molecular flexibility index (Phi) is 7.14. The molecule has 0 bridgehead atoms. The van der Waals surface area contributed by atoms with Gasteiger partial charge in [0.1, 0.15) is 0 Å². The van der Waals surface area contributed by atoms with E-state index in [2.05, 4.69) is 5.32 Å². The molecule has 0 aromatic heterocycles. The molecule has 29 heavy (non-hydrogen) atoms. The second-order valence-electron chi connectivity index (χ2n) is 7.07. The van der Waals surface area contributed by atoms with E-state index < -0.39 is 22.8 Å². The quantitative estimate of drug-likeness (QED) is 0.420. The van der Waals surface area contributed by atoms with Crippen LogP contribution in [0.4, 0.5) is 5.69 Å². The summed E-state index contributed by atoms with van der Waals surface area (Å²) in [6.07, 6.45) is 0.313. The Morgan fingerprint density at radius 1 is 1.10 bits per heavy atom. The minimum atomic E-state index is -0.757. The molecule has 0 amide bonds. The first kappa shape index (κ1) is 22.1. The van der Waals surface area contributed by atoms with Crippen LogP contribution in [0, 0.1) is 10.1 Å². The second kappa shape index (κ2) is 9.36.